The number of methoxy groups -OCH3 is 1. The van der Waals surface area contributed by atoms with Crippen molar-refractivity contribution in [3.05, 3.63) is 59.9 Å². The molecule has 26 heavy (non-hydrogen) atoms. The van der Waals surface area contributed by atoms with Crippen molar-refractivity contribution in [1.29, 1.82) is 0 Å². The topological polar surface area (TPSA) is 81.7 Å². The van der Waals surface area contributed by atoms with Gasteiger partial charge in [0.2, 0.25) is 10.0 Å². The van der Waals surface area contributed by atoms with Crippen LogP contribution >= 0.6 is 12.6 Å². The van der Waals surface area contributed by atoms with E-state index in [-0.39, 0.29) is 18.0 Å². The molecule has 2 aromatic rings. The first-order valence-corrected chi connectivity index (χ1v) is 9.54. The minimum Gasteiger partial charge on any atom is -0.482 e. The number of halogens is 1. The van der Waals surface area contributed by atoms with Crippen LogP contribution in [-0.2, 0) is 19.6 Å². The van der Waals surface area contributed by atoms with E-state index in [4.69, 9.17) is 4.74 Å². The number of hydrogen-bond donors (Lipinski definition) is 2. The number of nitrogens with one attached hydrogen (secondary N) is 1. The van der Waals surface area contributed by atoms with Crippen LogP contribution < -0.4 is 9.46 Å². The van der Waals surface area contributed by atoms with Crippen LogP contribution in [0, 0.1) is 5.82 Å². The highest BCUT2D eigenvalue weighted by Gasteiger charge is 2.16. The third-order valence-corrected chi connectivity index (χ3v) is 5.36. The Morgan fingerprint density at radius 1 is 1.15 bits per heavy atom. The molecule has 0 radical (unpaired) electrons. The summed E-state index contributed by atoms with van der Waals surface area (Å²) in [6, 6.07) is 11.3. The Morgan fingerprint density at radius 3 is 2.35 bits per heavy atom. The maximum absolute atomic E-state index is 12.9. The largest absolute Gasteiger partial charge is 0.482 e. The number of carbonyl (C=O) groups excluding carboxylic acids is 1. The molecule has 0 aromatic heterocycles. The molecule has 140 valence electrons. The number of rotatable bonds is 8. The first-order valence-electron chi connectivity index (χ1n) is 7.54. The summed E-state index contributed by atoms with van der Waals surface area (Å²) in [7, 11) is -2.48. The second kappa shape index (κ2) is 9.02. The first kappa shape index (κ1) is 20.2. The van der Waals surface area contributed by atoms with E-state index in [1.54, 1.807) is 24.3 Å². The molecule has 0 amide bonds. The minimum absolute atomic E-state index is 0.0222. The number of thiol groups is 1. The molecule has 0 aliphatic rings. The second-order valence-corrected chi connectivity index (χ2v) is 7.65. The van der Waals surface area contributed by atoms with Crippen molar-refractivity contribution >= 4 is 28.6 Å². The fraction of sp³-hybridized carbons (Fsp3) is 0.235. The van der Waals surface area contributed by atoms with Crippen LogP contribution in [0.4, 0.5) is 4.39 Å². The second-order valence-electron chi connectivity index (χ2n) is 5.26. The van der Waals surface area contributed by atoms with Crippen LogP contribution in [0.1, 0.15) is 10.8 Å². The zero-order valence-corrected chi connectivity index (χ0v) is 15.6. The maximum Gasteiger partial charge on any atom is 0.343 e. The van der Waals surface area contributed by atoms with Gasteiger partial charge >= 0.3 is 5.97 Å². The van der Waals surface area contributed by atoms with Crippen molar-refractivity contribution in [3.63, 3.8) is 0 Å². The summed E-state index contributed by atoms with van der Waals surface area (Å²) in [6.45, 7) is -0.150. The molecule has 6 nitrogen and oxygen atoms in total. The summed E-state index contributed by atoms with van der Waals surface area (Å²) < 4.78 is 49.4. The highest BCUT2D eigenvalue weighted by molar-refractivity contribution is 7.89. The molecule has 2 rings (SSSR count). The van der Waals surface area contributed by atoms with Gasteiger partial charge in [0.15, 0.2) is 6.61 Å². The van der Waals surface area contributed by atoms with E-state index in [1.807, 2.05) is 0 Å². The van der Waals surface area contributed by atoms with E-state index in [0.29, 0.717) is 5.75 Å². The fourth-order valence-electron chi connectivity index (χ4n) is 1.99. The lowest BCUT2D eigenvalue weighted by atomic mass is 10.1. The number of sulfonamides is 1. The van der Waals surface area contributed by atoms with Gasteiger partial charge in [-0.05, 0) is 42.0 Å². The van der Waals surface area contributed by atoms with E-state index in [2.05, 4.69) is 22.1 Å². The van der Waals surface area contributed by atoms with Gasteiger partial charge in [0.1, 0.15) is 11.6 Å². The van der Waals surface area contributed by atoms with E-state index >= 15 is 0 Å². The highest BCUT2D eigenvalue weighted by Crippen LogP contribution is 2.22. The van der Waals surface area contributed by atoms with Crippen molar-refractivity contribution in [2.45, 2.75) is 10.1 Å². The van der Waals surface area contributed by atoms with E-state index in [1.165, 1.54) is 19.2 Å². The molecule has 1 atom stereocenters. The highest BCUT2D eigenvalue weighted by atomic mass is 32.2. The lowest BCUT2D eigenvalue weighted by Gasteiger charge is -2.13. The van der Waals surface area contributed by atoms with Crippen molar-refractivity contribution in [2.24, 2.45) is 0 Å². The van der Waals surface area contributed by atoms with Crippen molar-refractivity contribution in [2.75, 3.05) is 20.3 Å². The fourth-order valence-corrected chi connectivity index (χ4v) is 3.43. The molecule has 2 aromatic carbocycles. The molecule has 0 heterocycles. The van der Waals surface area contributed by atoms with E-state index in [0.717, 1.165) is 17.7 Å². The van der Waals surface area contributed by atoms with Gasteiger partial charge in [-0.2, -0.15) is 12.6 Å². The lowest BCUT2D eigenvalue weighted by Crippen LogP contribution is -2.27. The predicted molar refractivity (Wildman–Crippen MR) is 97.3 cm³/mol. The summed E-state index contributed by atoms with van der Waals surface area (Å²) >= 11 is 4.39. The Hall–Kier alpha value is -2.10. The number of carbonyl (C=O) groups is 1. The molecule has 9 heteroatoms. The van der Waals surface area contributed by atoms with Crippen LogP contribution in [0.25, 0.3) is 0 Å². The van der Waals surface area contributed by atoms with Crippen molar-refractivity contribution in [1.82, 2.24) is 4.72 Å². The monoisotopic (exact) mass is 399 g/mol. The van der Waals surface area contributed by atoms with Gasteiger partial charge in [-0.3, -0.25) is 0 Å². The quantitative estimate of drug-likeness (QED) is 0.526. The summed E-state index contributed by atoms with van der Waals surface area (Å²) in [5.41, 5.74) is 0.764. The molecule has 0 aliphatic carbocycles. The maximum atomic E-state index is 12.9. The van der Waals surface area contributed by atoms with Gasteiger partial charge in [-0.25, -0.2) is 22.3 Å². The zero-order chi connectivity index (χ0) is 19.2. The molecule has 0 aliphatic heterocycles. The van der Waals surface area contributed by atoms with E-state index in [9.17, 15) is 17.6 Å². The van der Waals surface area contributed by atoms with Gasteiger partial charge in [0.05, 0.1) is 12.0 Å². The third kappa shape index (κ3) is 5.72. The van der Waals surface area contributed by atoms with Gasteiger partial charge in [-0.1, -0.05) is 12.1 Å². The molecule has 1 N–H and O–H groups in total. The SMILES string of the molecule is COC(=O)COc1ccc(C(S)CNS(=O)(=O)c2ccc(F)cc2)cc1. The van der Waals surface area contributed by atoms with Gasteiger partial charge in [-0.15, -0.1) is 0 Å². The number of esters is 1. The number of benzene rings is 2. The minimum atomic E-state index is -3.75. The Morgan fingerprint density at radius 2 is 1.77 bits per heavy atom. The summed E-state index contributed by atoms with van der Waals surface area (Å²) in [5, 5.41) is -0.403. The predicted octanol–water partition coefficient (Wildman–Crippen LogP) is 2.33. The Kier molecular flexibility index (Phi) is 7.01. The molecule has 0 saturated heterocycles. The average molecular weight is 399 g/mol. The molecule has 0 spiro atoms. The third-order valence-electron chi connectivity index (χ3n) is 3.44. The summed E-state index contributed by atoms with van der Waals surface area (Å²) in [4.78, 5) is 11.0. The molecular formula is C17H18FNO5S2. The number of ether oxygens (including phenoxy) is 2. The Labute approximate surface area is 156 Å². The van der Waals surface area contributed by atoms with Crippen LogP contribution in [0.5, 0.6) is 5.75 Å². The average Bonchev–Trinajstić information content (AvgIpc) is 2.65. The van der Waals surface area contributed by atoms with Gasteiger partial charge in [0, 0.05) is 11.8 Å². The Balaban J connectivity index is 1.93. The van der Waals surface area contributed by atoms with Crippen LogP contribution in [0.15, 0.2) is 53.4 Å². The Bertz CT molecular complexity index is 838. The van der Waals surface area contributed by atoms with Gasteiger partial charge in [0.25, 0.3) is 0 Å². The zero-order valence-electron chi connectivity index (χ0n) is 13.9. The van der Waals surface area contributed by atoms with Crippen LogP contribution in [0.2, 0.25) is 0 Å². The standard InChI is InChI=1S/C17H18FNO5S2/c1-23-17(20)11-24-14-6-2-12(3-7-14)16(25)10-19-26(21,22)15-8-4-13(18)5-9-15/h2-9,16,19,25H,10-11H2,1H3. The van der Waals surface area contributed by atoms with Crippen molar-refractivity contribution < 1.29 is 27.1 Å². The molecular weight excluding hydrogens is 381 g/mol. The molecule has 0 saturated carbocycles. The first-order chi connectivity index (χ1) is 12.3. The normalized spacial score (nSPS) is 12.4. The van der Waals surface area contributed by atoms with E-state index < -0.39 is 27.1 Å². The smallest absolute Gasteiger partial charge is 0.343 e. The van der Waals surface area contributed by atoms with Gasteiger partial charge < -0.3 is 9.47 Å². The van der Waals surface area contributed by atoms with Crippen molar-refractivity contribution in [3.8, 4) is 5.75 Å². The number of hydrogen-bond acceptors (Lipinski definition) is 6. The van der Waals surface area contributed by atoms with Crippen LogP contribution in [0.3, 0.4) is 0 Å². The molecule has 0 fully saturated rings. The van der Waals surface area contributed by atoms with Crippen LogP contribution in [-0.4, -0.2) is 34.6 Å². The summed E-state index contributed by atoms with van der Waals surface area (Å²) in [6.07, 6.45) is 0. The molecule has 1 unspecified atom stereocenters. The summed E-state index contributed by atoms with van der Waals surface area (Å²) in [5.74, 6) is -0.520. The lowest BCUT2D eigenvalue weighted by molar-refractivity contribution is -0.142. The molecule has 0 bridgehead atoms.